The van der Waals surface area contributed by atoms with Gasteiger partial charge < -0.3 is 10.6 Å². The highest BCUT2D eigenvalue weighted by molar-refractivity contribution is 8.15. The fraction of sp³-hybridized carbons (Fsp3) is 0.276. The van der Waals surface area contributed by atoms with E-state index in [-0.39, 0.29) is 24.1 Å². The third-order valence-corrected chi connectivity index (χ3v) is 8.66. The monoisotopic (exact) mass is 559 g/mol. The first-order valence-electron chi connectivity index (χ1n) is 12.8. The number of thioether (sulfide) groups is 1. The highest BCUT2D eigenvalue weighted by atomic mass is 32.2. The smallest absolute Gasteiger partial charge is 0.259 e. The number of benzene rings is 2. The molecule has 0 bridgehead atoms. The van der Waals surface area contributed by atoms with Gasteiger partial charge in [-0.05, 0) is 42.5 Å². The summed E-state index contributed by atoms with van der Waals surface area (Å²) in [5, 5.41) is 7.78. The maximum absolute atomic E-state index is 13.5. The van der Waals surface area contributed by atoms with Gasteiger partial charge in [0.25, 0.3) is 5.91 Å². The predicted octanol–water partition coefficient (Wildman–Crippen LogP) is 4.55. The number of carbonyl (C=O) groups is 3. The number of amides is 3. The summed E-state index contributed by atoms with van der Waals surface area (Å²) in [5.74, 6) is -0.211. The molecule has 0 fully saturated rings. The first-order valence-corrected chi connectivity index (χ1v) is 14.6. The number of thiophene rings is 1. The molecule has 0 unspecified atom stereocenters. The quantitative estimate of drug-likeness (QED) is 0.402. The van der Waals surface area contributed by atoms with E-state index in [1.54, 1.807) is 11.3 Å². The molecule has 2 aliphatic heterocycles. The molecule has 10 heteroatoms. The molecule has 0 radical (unpaired) electrons. The summed E-state index contributed by atoms with van der Waals surface area (Å²) in [5.41, 5.74) is 3.59. The Balaban J connectivity index is 1.30. The second kappa shape index (κ2) is 12.0. The topological polar surface area (TPSA) is 103 Å². The van der Waals surface area contributed by atoms with Crippen molar-refractivity contribution in [3.63, 3.8) is 0 Å². The highest BCUT2D eigenvalue weighted by Gasteiger charge is 2.43. The maximum Gasteiger partial charge on any atom is 0.259 e. The van der Waals surface area contributed by atoms with Crippen molar-refractivity contribution in [1.82, 2.24) is 15.5 Å². The number of nitrogens with zero attached hydrogens (tertiary/aromatic N) is 3. The molecule has 3 heterocycles. The van der Waals surface area contributed by atoms with E-state index in [1.165, 1.54) is 16.7 Å². The zero-order valence-corrected chi connectivity index (χ0v) is 23.3. The van der Waals surface area contributed by atoms with Crippen LogP contribution in [0.25, 0.3) is 0 Å². The Hall–Kier alpha value is -3.76. The molecule has 3 aromatic rings. The van der Waals surface area contributed by atoms with Crippen LogP contribution >= 0.6 is 23.1 Å². The lowest BCUT2D eigenvalue weighted by molar-refractivity contribution is -0.128. The molecule has 5 rings (SSSR count). The van der Waals surface area contributed by atoms with Crippen LogP contribution in [0.3, 0.4) is 0 Å². The van der Waals surface area contributed by atoms with Crippen LogP contribution in [0.4, 0.5) is 5.69 Å². The molecule has 39 heavy (non-hydrogen) atoms. The van der Waals surface area contributed by atoms with E-state index in [2.05, 4.69) is 15.6 Å². The molecular formula is C29H29N5O3S2. The van der Waals surface area contributed by atoms with Gasteiger partial charge in [-0.15, -0.1) is 11.3 Å². The van der Waals surface area contributed by atoms with Crippen molar-refractivity contribution >= 4 is 57.5 Å². The molecular weight excluding hydrogens is 530 g/mol. The lowest BCUT2D eigenvalue weighted by Gasteiger charge is -2.27. The van der Waals surface area contributed by atoms with E-state index in [1.807, 2.05) is 79.9 Å². The lowest BCUT2D eigenvalue weighted by Crippen LogP contribution is -2.43. The van der Waals surface area contributed by atoms with Crippen molar-refractivity contribution in [2.45, 2.75) is 51.1 Å². The molecule has 0 saturated heterocycles. The van der Waals surface area contributed by atoms with E-state index < -0.39 is 11.3 Å². The molecule has 2 atom stereocenters. The molecule has 0 aliphatic carbocycles. The fourth-order valence-electron chi connectivity index (χ4n) is 4.32. The van der Waals surface area contributed by atoms with Crippen LogP contribution in [0.15, 0.2) is 76.0 Å². The van der Waals surface area contributed by atoms with Gasteiger partial charge in [0.05, 0.1) is 23.9 Å². The zero-order valence-electron chi connectivity index (χ0n) is 21.7. The van der Waals surface area contributed by atoms with Crippen molar-refractivity contribution in [3.8, 4) is 0 Å². The SMILES string of the molecule is CC[C@H](SC1=Nc2ccccc2C2=N[C@@H](CC(=O)NCc3cccs3)C(=O)N12)C(=O)NCc1ccc(C)cc1. The van der Waals surface area contributed by atoms with Gasteiger partial charge in [-0.3, -0.25) is 19.4 Å². The molecule has 2 N–H and O–H groups in total. The summed E-state index contributed by atoms with van der Waals surface area (Å²) in [6.07, 6.45) is 0.493. The van der Waals surface area contributed by atoms with Crippen molar-refractivity contribution in [3.05, 3.63) is 87.6 Å². The third kappa shape index (κ3) is 6.12. The van der Waals surface area contributed by atoms with Crippen LogP contribution in [0.2, 0.25) is 0 Å². The van der Waals surface area contributed by atoms with E-state index in [0.29, 0.717) is 36.2 Å². The largest absolute Gasteiger partial charge is 0.351 e. The number of aliphatic imine (C=N–C) groups is 2. The van der Waals surface area contributed by atoms with Crippen LogP contribution in [0, 0.1) is 6.92 Å². The zero-order chi connectivity index (χ0) is 27.4. The summed E-state index contributed by atoms with van der Waals surface area (Å²) in [6.45, 7) is 4.79. The van der Waals surface area contributed by atoms with Gasteiger partial charge in [0.1, 0.15) is 11.9 Å². The summed E-state index contributed by atoms with van der Waals surface area (Å²) >= 11 is 2.81. The summed E-state index contributed by atoms with van der Waals surface area (Å²) in [6, 6.07) is 18.5. The van der Waals surface area contributed by atoms with Crippen molar-refractivity contribution in [2.24, 2.45) is 9.98 Å². The number of rotatable bonds is 9. The van der Waals surface area contributed by atoms with Crippen molar-refractivity contribution < 1.29 is 14.4 Å². The van der Waals surface area contributed by atoms with Gasteiger partial charge >= 0.3 is 0 Å². The van der Waals surface area contributed by atoms with Crippen LogP contribution in [0.5, 0.6) is 0 Å². The minimum Gasteiger partial charge on any atom is -0.351 e. The van der Waals surface area contributed by atoms with Crippen molar-refractivity contribution in [2.75, 3.05) is 0 Å². The second-order valence-electron chi connectivity index (χ2n) is 9.33. The van der Waals surface area contributed by atoms with E-state index >= 15 is 0 Å². The number of nitrogens with one attached hydrogen (secondary N) is 2. The van der Waals surface area contributed by atoms with Gasteiger partial charge in [-0.2, -0.15) is 0 Å². The molecule has 3 amide bonds. The number of aryl methyl sites for hydroxylation is 1. The Kier molecular flexibility index (Phi) is 8.23. The minimum atomic E-state index is -0.851. The van der Waals surface area contributed by atoms with Gasteiger partial charge in [0.15, 0.2) is 5.17 Å². The Morgan fingerprint density at radius 1 is 1.05 bits per heavy atom. The summed E-state index contributed by atoms with van der Waals surface area (Å²) < 4.78 is 0. The van der Waals surface area contributed by atoms with E-state index in [4.69, 9.17) is 4.99 Å². The van der Waals surface area contributed by atoms with E-state index in [0.717, 1.165) is 21.6 Å². The van der Waals surface area contributed by atoms with Crippen LogP contribution < -0.4 is 10.6 Å². The molecule has 2 aliphatic rings. The molecule has 8 nitrogen and oxygen atoms in total. The Morgan fingerprint density at radius 2 is 1.85 bits per heavy atom. The Labute approximate surface area is 235 Å². The number of fused-ring (bicyclic) bond motifs is 3. The van der Waals surface area contributed by atoms with Gasteiger partial charge in [-0.1, -0.05) is 66.7 Å². The standard InChI is InChI=1S/C29H29N5O3S2/c1-3-24(27(36)31-16-19-12-10-18(2)11-13-19)39-29-33-22-9-5-4-8-21(22)26-32-23(28(37)34(26)29)15-25(35)30-17-20-7-6-14-38-20/h4-14,23-24H,3,15-17H2,1-2H3,(H,30,35)(H,31,36)/t23-,24-/m0/s1. The maximum atomic E-state index is 13.5. The van der Waals surface area contributed by atoms with Gasteiger partial charge in [-0.25, -0.2) is 9.89 Å². The normalized spacial score (nSPS) is 16.6. The number of para-hydroxylation sites is 1. The van der Waals surface area contributed by atoms with Crippen LogP contribution in [0.1, 0.15) is 41.3 Å². The molecule has 0 spiro atoms. The van der Waals surface area contributed by atoms with Crippen LogP contribution in [-0.2, 0) is 27.5 Å². The number of amidine groups is 2. The average molecular weight is 560 g/mol. The summed E-state index contributed by atoms with van der Waals surface area (Å²) in [7, 11) is 0. The molecule has 200 valence electrons. The van der Waals surface area contributed by atoms with Gasteiger partial charge in [0.2, 0.25) is 11.8 Å². The summed E-state index contributed by atoms with van der Waals surface area (Å²) in [4.78, 5) is 51.2. The molecule has 2 aromatic carbocycles. The predicted molar refractivity (Wildman–Crippen MR) is 156 cm³/mol. The average Bonchev–Trinajstić information content (AvgIpc) is 3.58. The van der Waals surface area contributed by atoms with E-state index in [9.17, 15) is 14.4 Å². The molecule has 0 saturated carbocycles. The highest BCUT2D eigenvalue weighted by Crippen LogP contribution is 2.35. The van der Waals surface area contributed by atoms with Crippen LogP contribution in [-0.4, -0.2) is 44.9 Å². The lowest BCUT2D eigenvalue weighted by atomic mass is 10.1. The third-order valence-electron chi connectivity index (χ3n) is 6.46. The Morgan fingerprint density at radius 3 is 2.59 bits per heavy atom. The molecule has 1 aromatic heterocycles. The number of hydrogen-bond acceptors (Lipinski definition) is 7. The fourth-order valence-corrected chi connectivity index (χ4v) is 6.01. The Bertz CT molecular complexity index is 1430. The van der Waals surface area contributed by atoms with Crippen molar-refractivity contribution in [1.29, 1.82) is 0 Å². The van der Waals surface area contributed by atoms with Gasteiger partial charge in [0, 0.05) is 17.0 Å². The second-order valence-corrected chi connectivity index (χ2v) is 11.5. The first-order chi connectivity index (χ1) is 18.9. The number of carbonyl (C=O) groups excluding carboxylic acids is 3. The minimum absolute atomic E-state index is 0.0570. The first kappa shape index (κ1) is 26.8. The number of hydrogen-bond donors (Lipinski definition) is 2.